The number of unbranched alkanes of at least 4 members (excludes halogenated alkanes) is 2. The van der Waals surface area contributed by atoms with Crippen molar-refractivity contribution in [1.82, 2.24) is 4.90 Å². The molecule has 7 unspecified atom stereocenters. The number of benzene rings is 2. The Balaban J connectivity index is 1.36. The van der Waals surface area contributed by atoms with E-state index in [1.54, 1.807) is 17.8 Å². The molecule has 0 radical (unpaired) electrons. The van der Waals surface area contributed by atoms with Crippen LogP contribution in [-0.2, 0) is 19.1 Å². The van der Waals surface area contributed by atoms with Gasteiger partial charge in [-0.2, -0.15) is 0 Å². The Kier molecular flexibility index (Phi) is 14.1. The van der Waals surface area contributed by atoms with Crippen LogP contribution in [0.2, 0.25) is 0 Å². The second kappa shape index (κ2) is 19.4. The second-order valence-electron chi connectivity index (χ2n) is 15.7. The van der Waals surface area contributed by atoms with Gasteiger partial charge in [-0.1, -0.05) is 30.1 Å². The minimum atomic E-state index is -1.11. The van der Waals surface area contributed by atoms with Gasteiger partial charge in [0.2, 0.25) is 18.0 Å². The fourth-order valence-electron chi connectivity index (χ4n) is 9.00. The number of amides is 1. The highest BCUT2D eigenvalue weighted by Gasteiger charge is 2.64. The Morgan fingerprint density at radius 3 is 2.61 bits per heavy atom. The smallest absolute Gasteiger partial charge is 0.231 e. The molecule has 3 N–H and O–H groups in total. The summed E-state index contributed by atoms with van der Waals surface area (Å²) in [5, 5.41) is 27.3. The number of carbonyl (C=O) groups excluding carboxylic acids is 1. The maximum atomic E-state index is 11.8. The minimum Gasteiger partial charge on any atom is -0.492 e. The van der Waals surface area contributed by atoms with Gasteiger partial charge in [-0.3, -0.25) is 9.69 Å². The maximum Gasteiger partial charge on any atom is 0.231 e. The van der Waals surface area contributed by atoms with E-state index in [1.807, 2.05) is 30.3 Å². The molecule has 12 heteroatoms. The molecule has 0 aromatic heterocycles. The first-order chi connectivity index (χ1) is 27.4. The van der Waals surface area contributed by atoms with Crippen molar-refractivity contribution >= 4 is 29.1 Å². The van der Waals surface area contributed by atoms with Crippen molar-refractivity contribution in [3.63, 3.8) is 0 Å². The van der Waals surface area contributed by atoms with E-state index in [0.29, 0.717) is 19.6 Å². The highest BCUT2D eigenvalue weighted by atomic mass is 32.2. The van der Waals surface area contributed by atoms with Gasteiger partial charge in [0.05, 0.1) is 30.1 Å². The topological polar surface area (TPSA) is 131 Å². The first kappa shape index (κ1) is 40.8. The summed E-state index contributed by atoms with van der Waals surface area (Å²) in [6.45, 7) is 10.6. The lowest BCUT2D eigenvalue weighted by Crippen LogP contribution is -2.64. The Morgan fingerprint density at radius 2 is 1.89 bits per heavy atom. The van der Waals surface area contributed by atoms with Crippen LogP contribution in [-0.4, -0.2) is 96.7 Å². The van der Waals surface area contributed by atoms with Crippen molar-refractivity contribution in [1.29, 1.82) is 0 Å². The molecule has 7 rings (SSSR count). The normalized spacial score (nSPS) is 28.7. The number of aliphatic hydroxyl groups is 2. The third-order valence-corrected chi connectivity index (χ3v) is 13.0. The average molecular weight is 790 g/mol. The zero-order valence-corrected chi connectivity index (χ0v) is 33.6. The molecule has 1 saturated carbocycles. The van der Waals surface area contributed by atoms with E-state index < -0.39 is 12.1 Å². The van der Waals surface area contributed by atoms with E-state index in [0.717, 1.165) is 116 Å². The summed E-state index contributed by atoms with van der Waals surface area (Å²) in [5.41, 5.74) is 3.79. The number of aliphatic hydroxyl groups excluding tert-OH is 2. The highest BCUT2D eigenvalue weighted by molar-refractivity contribution is 8.00. The number of nitrogens with zero attached hydrogens (tertiary/aromatic N) is 2. The Morgan fingerprint density at radius 1 is 1.09 bits per heavy atom. The zero-order valence-electron chi connectivity index (χ0n) is 32.7. The summed E-state index contributed by atoms with van der Waals surface area (Å²) in [6.07, 6.45) is 12.2. The van der Waals surface area contributed by atoms with E-state index >= 15 is 0 Å². The molecule has 0 spiro atoms. The Hall–Kier alpha value is -3.39. The zero-order chi connectivity index (χ0) is 38.9. The summed E-state index contributed by atoms with van der Waals surface area (Å²) < 4.78 is 26.8. The second-order valence-corrected chi connectivity index (χ2v) is 16.9. The number of oxime groups is 1. The Bertz CT molecular complexity index is 1690. The quantitative estimate of drug-likeness (QED) is 0.0544. The molecular weight excluding hydrogens is 731 g/mol. The van der Waals surface area contributed by atoms with Gasteiger partial charge in [0, 0.05) is 74.7 Å². The standard InChI is InChI=1S/C44H59N3O8S/c1-3-24-53-44-40(56-34-16-13-32(14-17-34)45-30(2)50)29-38(46-55-41-12-6-9-25-52-41)36-27-31(10-4-7-22-48)35(11-5-8-23-49)42(43(36)44)37-28-33(15-18-39(37)54-44)51-26-21-47-19-20-47/h3,13-18,27-28,31,35,40-43,48-49H,1,4-12,19-26,29H2,2H3,(H,45,50). The monoisotopic (exact) mass is 789 g/mol. The molecule has 2 aliphatic carbocycles. The van der Waals surface area contributed by atoms with Crippen LogP contribution in [0, 0.1) is 17.8 Å². The van der Waals surface area contributed by atoms with Crippen molar-refractivity contribution in [2.45, 2.75) is 99.3 Å². The number of hydrogen-bond donors (Lipinski definition) is 3. The third-order valence-electron chi connectivity index (χ3n) is 11.7. The molecule has 2 aromatic carbocycles. The van der Waals surface area contributed by atoms with Crippen LogP contribution in [0.15, 0.2) is 76.8 Å². The molecule has 3 heterocycles. The average Bonchev–Trinajstić information content (AvgIpc) is 4.04. The lowest BCUT2D eigenvalue weighted by molar-refractivity contribution is -0.223. The molecule has 1 amide bonds. The molecule has 0 bridgehead atoms. The fraction of sp³-hybridized carbons (Fsp3) is 0.591. The summed E-state index contributed by atoms with van der Waals surface area (Å²) in [7, 11) is 0. The van der Waals surface area contributed by atoms with Crippen LogP contribution >= 0.6 is 11.8 Å². The van der Waals surface area contributed by atoms with Crippen LogP contribution in [0.1, 0.15) is 82.6 Å². The number of ether oxygens (including phenoxy) is 4. The largest absolute Gasteiger partial charge is 0.492 e. The van der Waals surface area contributed by atoms with E-state index in [1.165, 1.54) is 6.92 Å². The van der Waals surface area contributed by atoms with E-state index in [2.05, 4.69) is 35.0 Å². The van der Waals surface area contributed by atoms with Crippen molar-refractivity contribution in [2.24, 2.45) is 22.9 Å². The van der Waals surface area contributed by atoms with Crippen molar-refractivity contribution in [2.75, 3.05) is 58.0 Å². The SMILES string of the molecule is C=CCOC12Oc3ccc(OCCN4CC4)cc3C3C(CCCCO)C(CCCCO)C=C(C(=NOC4CCCCO4)CC1Sc1ccc(NC(C)=O)cc1)C32. The molecule has 5 aliphatic rings. The maximum absolute atomic E-state index is 11.8. The van der Waals surface area contributed by atoms with Gasteiger partial charge in [-0.25, -0.2) is 0 Å². The lowest BCUT2D eigenvalue weighted by Gasteiger charge is -2.58. The third kappa shape index (κ3) is 9.65. The first-order valence-corrected chi connectivity index (χ1v) is 21.6. The van der Waals surface area contributed by atoms with Crippen LogP contribution in [0.5, 0.6) is 11.5 Å². The van der Waals surface area contributed by atoms with Crippen LogP contribution < -0.4 is 14.8 Å². The van der Waals surface area contributed by atoms with Crippen molar-refractivity contribution in [3.8, 4) is 11.5 Å². The number of rotatable bonds is 20. The summed E-state index contributed by atoms with van der Waals surface area (Å²) in [5.74, 6) is 0.486. The Labute approximate surface area is 335 Å². The van der Waals surface area contributed by atoms with E-state index in [-0.39, 0.29) is 54.6 Å². The van der Waals surface area contributed by atoms with Crippen molar-refractivity contribution < 1.29 is 38.8 Å². The highest BCUT2D eigenvalue weighted by Crippen LogP contribution is 2.63. The molecular formula is C44H59N3O8S. The molecule has 11 nitrogen and oxygen atoms in total. The fourth-order valence-corrected chi connectivity index (χ4v) is 10.3. The number of nitrogens with one attached hydrogen (secondary N) is 1. The number of allylic oxidation sites excluding steroid dienone is 1. The number of anilines is 1. The number of thioether (sulfide) groups is 1. The number of fused-ring (bicyclic) bond motifs is 2. The molecule has 7 atom stereocenters. The van der Waals surface area contributed by atoms with Gasteiger partial charge in [0.15, 0.2) is 0 Å². The van der Waals surface area contributed by atoms with Gasteiger partial charge < -0.3 is 39.3 Å². The summed E-state index contributed by atoms with van der Waals surface area (Å²) >= 11 is 1.69. The molecule has 56 heavy (non-hydrogen) atoms. The molecule has 2 aromatic rings. The van der Waals surface area contributed by atoms with Crippen LogP contribution in [0.4, 0.5) is 5.69 Å². The van der Waals surface area contributed by atoms with E-state index in [9.17, 15) is 15.0 Å². The number of hydrogen-bond acceptors (Lipinski definition) is 11. The summed E-state index contributed by atoms with van der Waals surface area (Å²) in [6, 6.07) is 14.1. The predicted molar refractivity (Wildman–Crippen MR) is 218 cm³/mol. The van der Waals surface area contributed by atoms with Crippen LogP contribution in [0.25, 0.3) is 0 Å². The van der Waals surface area contributed by atoms with Crippen molar-refractivity contribution in [3.05, 3.63) is 72.3 Å². The lowest BCUT2D eigenvalue weighted by atomic mass is 9.56. The molecule has 3 aliphatic heterocycles. The van der Waals surface area contributed by atoms with Gasteiger partial charge in [-0.15, -0.1) is 18.3 Å². The molecule has 2 saturated heterocycles. The molecule has 3 fully saturated rings. The van der Waals surface area contributed by atoms with E-state index in [4.69, 9.17) is 28.9 Å². The number of carbonyl (C=O) groups is 1. The first-order valence-electron chi connectivity index (χ1n) is 20.7. The minimum absolute atomic E-state index is 0.0289. The van der Waals surface area contributed by atoms with Crippen LogP contribution in [0.3, 0.4) is 0 Å². The van der Waals surface area contributed by atoms with Gasteiger partial charge >= 0.3 is 0 Å². The van der Waals surface area contributed by atoms with Gasteiger partial charge in [0.1, 0.15) is 18.1 Å². The van der Waals surface area contributed by atoms with Gasteiger partial charge in [-0.05, 0) is 98.4 Å². The summed E-state index contributed by atoms with van der Waals surface area (Å²) in [4.78, 5) is 21.4. The predicted octanol–water partition coefficient (Wildman–Crippen LogP) is 7.29. The van der Waals surface area contributed by atoms with Gasteiger partial charge in [0.25, 0.3) is 0 Å². The molecule has 304 valence electrons.